The number of rotatable bonds is 2. The summed E-state index contributed by atoms with van der Waals surface area (Å²) < 4.78 is 11.5. The van der Waals surface area contributed by atoms with Gasteiger partial charge in [-0.25, -0.2) is 0 Å². The zero-order valence-electron chi connectivity index (χ0n) is 18.7. The second-order valence-electron chi connectivity index (χ2n) is 9.30. The molecule has 1 aromatic carbocycles. The van der Waals surface area contributed by atoms with Crippen LogP contribution in [0.25, 0.3) is 0 Å². The molecule has 2 saturated heterocycles. The SMILES string of the molecule is O=C(CN1CCCCC1)N1CCC2(CCCCc3ccccc3OCCOC2=O)CC1. The summed E-state index contributed by atoms with van der Waals surface area (Å²) in [7, 11) is 0. The quantitative estimate of drug-likeness (QED) is 0.676. The molecule has 1 spiro atoms. The van der Waals surface area contributed by atoms with E-state index in [1.807, 2.05) is 23.1 Å². The molecule has 170 valence electrons. The Hall–Kier alpha value is -2.08. The number of carbonyl (C=O) groups is 2. The number of para-hydroxylation sites is 1. The van der Waals surface area contributed by atoms with Gasteiger partial charge in [-0.05, 0) is 69.7 Å². The maximum absolute atomic E-state index is 13.1. The van der Waals surface area contributed by atoms with Crippen LogP contribution in [0.2, 0.25) is 0 Å². The van der Waals surface area contributed by atoms with Crippen molar-refractivity contribution in [3.05, 3.63) is 29.8 Å². The van der Waals surface area contributed by atoms with Crippen LogP contribution in [-0.2, 0) is 20.7 Å². The molecule has 1 amide bonds. The number of aryl methyl sites for hydroxylation is 1. The van der Waals surface area contributed by atoms with Gasteiger partial charge < -0.3 is 14.4 Å². The van der Waals surface area contributed by atoms with Crippen LogP contribution in [0.3, 0.4) is 0 Å². The van der Waals surface area contributed by atoms with Crippen LogP contribution in [-0.4, -0.2) is 67.6 Å². The molecule has 2 fully saturated rings. The van der Waals surface area contributed by atoms with Crippen molar-refractivity contribution in [1.29, 1.82) is 0 Å². The van der Waals surface area contributed by atoms with Crippen molar-refractivity contribution in [2.75, 3.05) is 45.9 Å². The first kappa shape index (κ1) is 22.1. The summed E-state index contributed by atoms with van der Waals surface area (Å²) in [6.45, 7) is 4.53. The lowest BCUT2D eigenvalue weighted by Gasteiger charge is -2.41. The number of hydrogen-bond acceptors (Lipinski definition) is 5. The number of amides is 1. The Morgan fingerprint density at radius 2 is 1.61 bits per heavy atom. The van der Waals surface area contributed by atoms with Crippen molar-refractivity contribution in [2.24, 2.45) is 5.41 Å². The van der Waals surface area contributed by atoms with Gasteiger partial charge >= 0.3 is 5.97 Å². The molecule has 0 radical (unpaired) electrons. The minimum Gasteiger partial charge on any atom is -0.490 e. The average Bonchev–Trinajstić information content (AvgIpc) is 2.80. The van der Waals surface area contributed by atoms with Gasteiger partial charge in [0.1, 0.15) is 19.0 Å². The Labute approximate surface area is 185 Å². The van der Waals surface area contributed by atoms with E-state index < -0.39 is 5.41 Å². The lowest BCUT2D eigenvalue weighted by Crippen LogP contribution is -2.50. The number of likely N-dealkylation sites (tertiary alicyclic amines) is 2. The number of benzene rings is 1. The van der Waals surface area contributed by atoms with Gasteiger partial charge in [-0.15, -0.1) is 0 Å². The Balaban J connectivity index is 1.34. The van der Waals surface area contributed by atoms with E-state index in [0.717, 1.165) is 44.5 Å². The Bertz CT molecular complexity index is 752. The van der Waals surface area contributed by atoms with E-state index in [9.17, 15) is 9.59 Å². The van der Waals surface area contributed by atoms with Crippen LogP contribution in [0.4, 0.5) is 0 Å². The number of fused-ring (bicyclic) bond motifs is 1. The first-order valence-electron chi connectivity index (χ1n) is 12.0. The summed E-state index contributed by atoms with van der Waals surface area (Å²) in [4.78, 5) is 30.1. The number of piperidine rings is 2. The van der Waals surface area contributed by atoms with E-state index in [4.69, 9.17) is 9.47 Å². The minimum absolute atomic E-state index is 0.104. The van der Waals surface area contributed by atoms with E-state index in [0.29, 0.717) is 39.1 Å². The van der Waals surface area contributed by atoms with Crippen molar-refractivity contribution in [3.63, 3.8) is 0 Å². The third-order valence-electron chi connectivity index (χ3n) is 7.21. The van der Waals surface area contributed by atoms with Crippen LogP contribution < -0.4 is 4.74 Å². The van der Waals surface area contributed by atoms with Crippen molar-refractivity contribution in [1.82, 2.24) is 9.80 Å². The van der Waals surface area contributed by atoms with Crippen LogP contribution >= 0.6 is 0 Å². The van der Waals surface area contributed by atoms with E-state index in [1.165, 1.54) is 24.8 Å². The summed E-state index contributed by atoms with van der Waals surface area (Å²) in [5, 5.41) is 0. The molecule has 0 atom stereocenters. The number of nitrogens with zero attached hydrogens (tertiary/aromatic N) is 2. The van der Waals surface area contributed by atoms with Gasteiger partial charge in [-0.2, -0.15) is 0 Å². The fourth-order valence-electron chi connectivity index (χ4n) is 5.22. The highest BCUT2D eigenvalue weighted by atomic mass is 16.6. The third-order valence-corrected chi connectivity index (χ3v) is 7.21. The van der Waals surface area contributed by atoms with Gasteiger partial charge in [0.25, 0.3) is 0 Å². The summed E-state index contributed by atoms with van der Waals surface area (Å²) >= 11 is 0. The van der Waals surface area contributed by atoms with Crippen LogP contribution in [0.1, 0.15) is 56.9 Å². The lowest BCUT2D eigenvalue weighted by molar-refractivity contribution is -0.162. The zero-order chi connectivity index (χ0) is 21.5. The number of esters is 1. The second kappa shape index (κ2) is 10.5. The van der Waals surface area contributed by atoms with E-state index >= 15 is 0 Å². The minimum atomic E-state index is -0.458. The maximum Gasteiger partial charge on any atom is 0.312 e. The van der Waals surface area contributed by atoms with Gasteiger partial charge in [-0.3, -0.25) is 14.5 Å². The number of cyclic esters (lactones) is 1. The molecule has 0 bridgehead atoms. The Morgan fingerprint density at radius 3 is 2.42 bits per heavy atom. The predicted octanol–water partition coefficient (Wildman–Crippen LogP) is 3.43. The largest absolute Gasteiger partial charge is 0.490 e. The number of ether oxygens (including phenoxy) is 2. The van der Waals surface area contributed by atoms with Gasteiger partial charge in [0, 0.05) is 13.1 Å². The van der Waals surface area contributed by atoms with Gasteiger partial charge in [0.2, 0.25) is 5.91 Å². The fraction of sp³-hybridized carbons (Fsp3) is 0.680. The van der Waals surface area contributed by atoms with Gasteiger partial charge in [0.15, 0.2) is 0 Å². The summed E-state index contributed by atoms with van der Waals surface area (Å²) in [5.74, 6) is 1.01. The average molecular weight is 429 g/mol. The summed E-state index contributed by atoms with van der Waals surface area (Å²) in [6.07, 6.45) is 8.86. The predicted molar refractivity (Wildman–Crippen MR) is 119 cm³/mol. The molecular formula is C25H36N2O4. The first-order valence-corrected chi connectivity index (χ1v) is 12.0. The molecule has 0 saturated carbocycles. The summed E-state index contributed by atoms with van der Waals surface area (Å²) in [6, 6.07) is 8.13. The molecule has 4 rings (SSSR count). The molecule has 0 N–H and O–H groups in total. The van der Waals surface area contributed by atoms with Crippen molar-refractivity contribution < 1.29 is 19.1 Å². The topological polar surface area (TPSA) is 59.1 Å². The number of carbonyl (C=O) groups excluding carboxylic acids is 2. The van der Waals surface area contributed by atoms with E-state index in [1.54, 1.807) is 0 Å². The molecule has 6 nitrogen and oxygen atoms in total. The molecule has 3 aliphatic heterocycles. The van der Waals surface area contributed by atoms with Crippen LogP contribution in [0.15, 0.2) is 24.3 Å². The highest BCUT2D eigenvalue weighted by Crippen LogP contribution is 2.38. The standard InChI is InChI=1S/C25H36N2O4/c28-23(20-26-14-6-1-7-15-26)27-16-12-25(13-17-27)11-5-4-9-21-8-2-3-10-22(21)30-18-19-31-24(25)29/h2-3,8,10H,1,4-7,9,11-20H2. The van der Waals surface area contributed by atoms with E-state index in [2.05, 4.69) is 11.0 Å². The monoisotopic (exact) mass is 428 g/mol. The zero-order valence-corrected chi connectivity index (χ0v) is 18.7. The van der Waals surface area contributed by atoms with Crippen molar-refractivity contribution >= 4 is 11.9 Å². The molecule has 0 unspecified atom stereocenters. The number of hydrogen-bond donors (Lipinski definition) is 0. The van der Waals surface area contributed by atoms with Crippen molar-refractivity contribution in [3.8, 4) is 5.75 Å². The molecule has 1 aromatic rings. The fourth-order valence-corrected chi connectivity index (χ4v) is 5.22. The molecule has 3 heterocycles. The normalized spacial score (nSPS) is 23.1. The molecular weight excluding hydrogens is 392 g/mol. The second-order valence-corrected chi connectivity index (χ2v) is 9.30. The molecule has 6 heteroatoms. The maximum atomic E-state index is 13.1. The first-order chi connectivity index (χ1) is 15.2. The molecule has 31 heavy (non-hydrogen) atoms. The van der Waals surface area contributed by atoms with Crippen LogP contribution in [0.5, 0.6) is 5.75 Å². The Morgan fingerprint density at radius 1 is 0.871 bits per heavy atom. The third kappa shape index (κ3) is 5.59. The highest BCUT2D eigenvalue weighted by Gasteiger charge is 2.43. The summed E-state index contributed by atoms with van der Waals surface area (Å²) in [5.41, 5.74) is 0.766. The lowest BCUT2D eigenvalue weighted by atomic mass is 9.74. The van der Waals surface area contributed by atoms with Gasteiger partial charge in [0.05, 0.1) is 12.0 Å². The van der Waals surface area contributed by atoms with Crippen LogP contribution in [0, 0.1) is 5.41 Å². The highest BCUT2D eigenvalue weighted by molar-refractivity contribution is 5.80. The smallest absolute Gasteiger partial charge is 0.312 e. The molecule has 0 aromatic heterocycles. The van der Waals surface area contributed by atoms with E-state index in [-0.39, 0.29) is 18.5 Å². The molecule has 3 aliphatic rings. The Kier molecular flexibility index (Phi) is 7.49. The molecule has 0 aliphatic carbocycles. The van der Waals surface area contributed by atoms with Gasteiger partial charge in [-0.1, -0.05) is 31.0 Å². The van der Waals surface area contributed by atoms with Crippen molar-refractivity contribution in [2.45, 2.75) is 57.8 Å².